The van der Waals surface area contributed by atoms with Gasteiger partial charge in [-0.2, -0.15) is 10.2 Å². The van der Waals surface area contributed by atoms with E-state index in [0.717, 1.165) is 10.4 Å². The van der Waals surface area contributed by atoms with Gasteiger partial charge < -0.3 is 10.6 Å². The van der Waals surface area contributed by atoms with Crippen LogP contribution in [0.1, 0.15) is 24.1 Å². The molecule has 1 aromatic carbocycles. The second-order valence-corrected chi connectivity index (χ2v) is 8.12. The molecular weight excluding hydrogens is 422 g/mol. The molecule has 0 saturated heterocycles. The highest BCUT2D eigenvalue weighted by Crippen LogP contribution is 2.37. The Balaban J connectivity index is 1.61. The molecule has 0 saturated carbocycles. The van der Waals surface area contributed by atoms with Gasteiger partial charge in [-0.3, -0.25) is 9.78 Å². The van der Waals surface area contributed by atoms with Gasteiger partial charge >= 0.3 is 0 Å². The van der Waals surface area contributed by atoms with Crippen molar-refractivity contribution < 1.29 is 4.79 Å². The lowest BCUT2D eigenvalue weighted by molar-refractivity contribution is -0.113. The molecule has 1 amide bonds. The van der Waals surface area contributed by atoms with Crippen LogP contribution in [0.5, 0.6) is 0 Å². The van der Waals surface area contributed by atoms with Crippen LogP contribution in [0, 0.1) is 11.3 Å². The molecule has 0 spiro atoms. The molecule has 2 N–H and O–H groups in total. The van der Waals surface area contributed by atoms with Crippen molar-refractivity contribution in [3.05, 3.63) is 88.7 Å². The van der Waals surface area contributed by atoms with Crippen LogP contribution in [0.15, 0.2) is 77.6 Å². The van der Waals surface area contributed by atoms with Crippen molar-refractivity contribution in [1.82, 2.24) is 19.7 Å². The first-order valence-electron chi connectivity index (χ1n) is 9.83. The van der Waals surface area contributed by atoms with Crippen LogP contribution in [0.3, 0.4) is 0 Å². The van der Waals surface area contributed by atoms with Gasteiger partial charge in [-0.05, 0) is 48.2 Å². The van der Waals surface area contributed by atoms with E-state index in [1.54, 1.807) is 52.7 Å². The number of hydrogen-bond donors (Lipinski definition) is 2. The van der Waals surface area contributed by atoms with Gasteiger partial charge in [0.15, 0.2) is 5.82 Å². The first-order valence-corrected chi connectivity index (χ1v) is 10.7. The normalized spacial score (nSPS) is 14.9. The van der Waals surface area contributed by atoms with Crippen molar-refractivity contribution in [2.24, 2.45) is 0 Å². The molecule has 1 aliphatic rings. The number of thiophene rings is 1. The predicted octanol–water partition coefficient (Wildman–Crippen LogP) is 4.20. The number of rotatable bonds is 4. The van der Waals surface area contributed by atoms with Crippen LogP contribution in [0.2, 0.25) is 0 Å². The lowest BCUT2D eigenvalue weighted by atomic mass is 9.94. The van der Waals surface area contributed by atoms with Crippen molar-refractivity contribution in [2.75, 3.05) is 10.6 Å². The van der Waals surface area contributed by atoms with E-state index >= 15 is 0 Å². The first-order chi connectivity index (χ1) is 15.6. The zero-order valence-corrected chi connectivity index (χ0v) is 17.8. The number of carbonyl (C=O) groups is 1. The minimum absolute atomic E-state index is 0.267. The number of nitrogens with one attached hydrogen (secondary N) is 2. The average molecular weight is 440 g/mol. The van der Waals surface area contributed by atoms with E-state index < -0.39 is 6.04 Å². The predicted molar refractivity (Wildman–Crippen MR) is 122 cm³/mol. The molecule has 8 nitrogen and oxygen atoms in total. The fourth-order valence-electron chi connectivity index (χ4n) is 3.64. The number of benzene rings is 1. The Kier molecular flexibility index (Phi) is 4.97. The average Bonchev–Trinajstić information content (AvgIpc) is 3.49. The van der Waals surface area contributed by atoms with E-state index in [0.29, 0.717) is 34.3 Å². The summed E-state index contributed by atoms with van der Waals surface area (Å²) in [6, 6.07) is 16.2. The minimum Gasteiger partial charge on any atom is -0.328 e. The lowest BCUT2D eigenvalue weighted by Crippen LogP contribution is -2.31. The number of nitrogens with zero attached hydrogens (tertiary/aromatic N) is 5. The summed E-state index contributed by atoms with van der Waals surface area (Å²) in [4.78, 5) is 23.0. The monoisotopic (exact) mass is 439 g/mol. The summed E-state index contributed by atoms with van der Waals surface area (Å²) < 4.78 is 1.72. The van der Waals surface area contributed by atoms with E-state index in [2.05, 4.69) is 26.7 Å². The number of anilines is 2. The van der Waals surface area contributed by atoms with Crippen molar-refractivity contribution in [3.8, 4) is 16.8 Å². The molecule has 32 heavy (non-hydrogen) atoms. The second-order valence-electron chi connectivity index (χ2n) is 7.18. The molecule has 1 aliphatic heterocycles. The zero-order valence-electron chi connectivity index (χ0n) is 17.0. The molecule has 0 aliphatic carbocycles. The maximum Gasteiger partial charge on any atom is 0.255 e. The molecule has 1 atom stereocenters. The van der Waals surface area contributed by atoms with Crippen molar-refractivity contribution in [3.63, 3.8) is 0 Å². The Morgan fingerprint density at radius 3 is 2.75 bits per heavy atom. The molecule has 156 valence electrons. The Morgan fingerprint density at radius 2 is 2.06 bits per heavy atom. The SMILES string of the molecule is CC1=C(C(=O)Nc2cccnc2)C(c2ccc(C#N)cc2)n2nc(-c3cccs3)nc2N1. The Hall–Kier alpha value is -4.29. The molecule has 3 aromatic heterocycles. The Bertz CT molecular complexity index is 1350. The zero-order chi connectivity index (χ0) is 22.1. The number of pyridine rings is 1. The number of carbonyl (C=O) groups excluding carboxylic acids is 1. The third-order valence-electron chi connectivity index (χ3n) is 5.11. The van der Waals surface area contributed by atoms with Gasteiger partial charge in [0.25, 0.3) is 5.91 Å². The fraction of sp³-hybridized carbons (Fsp3) is 0.0870. The molecule has 0 bridgehead atoms. The highest BCUT2D eigenvalue weighted by Gasteiger charge is 2.34. The highest BCUT2D eigenvalue weighted by molar-refractivity contribution is 7.13. The van der Waals surface area contributed by atoms with Gasteiger partial charge in [0, 0.05) is 11.9 Å². The van der Waals surface area contributed by atoms with Gasteiger partial charge in [0.05, 0.1) is 34.0 Å². The van der Waals surface area contributed by atoms with Gasteiger partial charge in [-0.25, -0.2) is 4.68 Å². The summed E-state index contributed by atoms with van der Waals surface area (Å²) >= 11 is 1.55. The highest BCUT2D eigenvalue weighted by atomic mass is 32.1. The van der Waals surface area contributed by atoms with Crippen LogP contribution in [0.4, 0.5) is 11.6 Å². The summed E-state index contributed by atoms with van der Waals surface area (Å²) in [7, 11) is 0. The lowest BCUT2D eigenvalue weighted by Gasteiger charge is -2.28. The topological polar surface area (TPSA) is 109 Å². The van der Waals surface area contributed by atoms with Gasteiger partial charge in [-0.1, -0.05) is 18.2 Å². The van der Waals surface area contributed by atoms with Crippen LogP contribution >= 0.6 is 11.3 Å². The number of amides is 1. The second kappa shape index (κ2) is 8.09. The number of nitriles is 1. The smallest absolute Gasteiger partial charge is 0.255 e. The third kappa shape index (κ3) is 3.53. The quantitative estimate of drug-likeness (QED) is 0.493. The number of hydrogen-bond acceptors (Lipinski definition) is 7. The molecule has 5 rings (SSSR count). The van der Waals surface area contributed by atoms with Crippen molar-refractivity contribution in [1.29, 1.82) is 5.26 Å². The number of allylic oxidation sites excluding steroid dienone is 1. The molecule has 9 heteroatoms. The van der Waals surface area contributed by atoms with Gasteiger partial charge in [-0.15, -0.1) is 16.4 Å². The van der Waals surface area contributed by atoms with Crippen molar-refractivity contribution in [2.45, 2.75) is 13.0 Å². The molecule has 4 heterocycles. The van der Waals surface area contributed by atoms with E-state index in [1.807, 2.05) is 36.6 Å². The summed E-state index contributed by atoms with van der Waals surface area (Å²) in [6.45, 7) is 1.85. The van der Waals surface area contributed by atoms with Crippen LogP contribution < -0.4 is 10.6 Å². The molecule has 1 unspecified atom stereocenters. The molecular formula is C23H17N7OS. The van der Waals surface area contributed by atoms with Crippen LogP contribution in [0.25, 0.3) is 10.7 Å². The number of aromatic nitrogens is 4. The third-order valence-corrected chi connectivity index (χ3v) is 5.98. The maximum absolute atomic E-state index is 13.4. The first kappa shape index (κ1) is 19.7. The largest absolute Gasteiger partial charge is 0.328 e. The maximum atomic E-state index is 13.4. The Morgan fingerprint density at radius 1 is 1.22 bits per heavy atom. The molecule has 0 fully saturated rings. The van der Waals surface area contributed by atoms with Gasteiger partial charge in [0.2, 0.25) is 5.95 Å². The fourth-order valence-corrected chi connectivity index (χ4v) is 4.29. The van der Waals surface area contributed by atoms with Crippen LogP contribution in [-0.2, 0) is 4.79 Å². The standard InChI is InChI=1S/C23H17N7OS/c1-14-19(22(31)27-17-4-2-10-25-13-17)20(16-8-6-15(12-24)7-9-16)30-23(26-14)28-21(29-30)18-5-3-11-32-18/h2-11,13,20H,1H3,(H,27,31)(H,26,28,29). The summed E-state index contributed by atoms with van der Waals surface area (Å²) in [5.74, 6) is 0.872. The van der Waals surface area contributed by atoms with E-state index in [1.165, 1.54) is 0 Å². The van der Waals surface area contributed by atoms with Crippen LogP contribution in [-0.4, -0.2) is 25.7 Å². The summed E-state index contributed by atoms with van der Waals surface area (Å²) in [6.07, 6.45) is 3.24. The molecule has 0 radical (unpaired) electrons. The van der Waals surface area contributed by atoms with Gasteiger partial charge in [0.1, 0.15) is 6.04 Å². The molecule has 4 aromatic rings. The summed E-state index contributed by atoms with van der Waals surface area (Å²) in [5, 5.41) is 22.0. The Labute approximate surface area is 187 Å². The number of fused-ring (bicyclic) bond motifs is 1. The van der Waals surface area contributed by atoms with E-state index in [4.69, 9.17) is 5.10 Å². The summed E-state index contributed by atoms with van der Waals surface area (Å²) in [5.41, 5.74) is 3.15. The van der Waals surface area contributed by atoms with E-state index in [-0.39, 0.29) is 5.91 Å². The van der Waals surface area contributed by atoms with E-state index in [9.17, 15) is 10.1 Å². The van der Waals surface area contributed by atoms with Crippen molar-refractivity contribution >= 4 is 28.9 Å². The minimum atomic E-state index is -0.517.